The Morgan fingerprint density at radius 2 is 2.00 bits per heavy atom. The van der Waals surface area contributed by atoms with E-state index in [-0.39, 0.29) is 0 Å². The van der Waals surface area contributed by atoms with E-state index < -0.39 is 0 Å². The summed E-state index contributed by atoms with van der Waals surface area (Å²) in [5.74, 6) is 4.16. The Bertz CT molecular complexity index is 197. The second kappa shape index (κ2) is 3.03. The smallest absolute Gasteiger partial charge is 0.0893 e. The van der Waals surface area contributed by atoms with Gasteiger partial charge in [0.25, 0.3) is 0 Å². The van der Waals surface area contributed by atoms with Crippen LogP contribution in [0.3, 0.4) is 0 Å². The molecule has 0 heterocycles. The predicted molar refractivity (Wildman–Crippen MR) is 60.5 cm³/mol. The van der Waals surface area contributed by atoms with Gasteiger partial charge < -0.3 is 0 Å². The van der Waals surface area contributed by atoms with Crippen LogP contribution in [0.1, 0.15) is 33.6 Å². The molecule has 13 heavy (non-hydrogen) atoms. The quantitative estimate of drug-likeness (QED) is 0.569. The summed E-state index contributed by atoms with van der Waals surface area (Å²) in [4.78, 5) is 0. The second-order valence-corrected chi connectivity index (χ2v) is 6.00. The van der Waals surface area contributed by atoms with Gasteiger partial charge in [0.15, 0.2) is 0 Å². The molecular weight excluding hydrogens is 155 g/mol. The first-order chi connectivity index (χ1) is 6.07. The Hall–Kier alpha value is 0.0649. The first-order valence-electron chi connectivity index (χ1n) is 6.07. The Kier molecular flexibility index (Phi) is 2.24. The van der Waals surface area contributed by atoms with E-state index in [0.717, 1.165) is 23.7 Å². The number of rotatable bonds is 2. The maximum absolute atomic E-state index is 2.50. The van der Waals surface area contributed by atoms with E-state index in [1.165, 1.54) is 26.4 Å². The highest BCUT2D eigenvalue weighted by atomic mass is 14.6. The molecule has 0 aromatic rings. The molecule has 0 aliphatic heterocycles. The second-order valence-electron chi connectivity index (χ2n) is 6.00. The highest BCUT2D eigenvalue weighted by Gasteiger charge is 2.55. The van der Waals surface area contributed by atoms with E-state index in [9.17, 15) is 0 Å². The van der Waals surface area contributed by atoms with Gasteiger partial charge in [-0.05, 0) is 41.9 Å². The van der Waals surface area contributed by atoms with Crippen molar-refractivity contribution in [3.05, 3.63) is 0 Å². The van der Waals surface area contributed by atoms with Crippen LogP contribution in [0, 0.1) is 29.1 Å². The lowest BCUT2D eigenvalue weighted by Crippen LogP contribution is -2.54. The van der Waals surface area contributed by atoms with Crippen LogP contribution in [-0.4, -0.2) is 7.28 Å². The molecule has 0 radical (unpaired) electrons. The molecule has 0 aromatic heterocycles. The highest BCUT2D eigenvalue weighted by molar-refractivity contribution is 6.33. The number of fused-ring (bicyclic) bond motifs is 2. The summed E-state index contributed by atoms with van der Waals surface area (Å²) in [6.07, 6.45) is 4.54. The zero-order valence-corrected chi connectivity index (χ0v) is 9.64. The average Bonchev–Trinajstić information content (AvgIpc) is 2.08. The molecule has 0 saturated heterocycles. The van der Waals surface area contributed by atoms with Crippen LogP contribution in [0.4, 0.5) is 0 Å². The van der Waals surface area contributed by atoms with Crippen LogP contribution < -0.4 is 0 Å². The van der Waals surface area contributed by atoms with Crippen molar-refractivity contribution in [2.24, 2.45) is 29.1 Å². The number of hydrogen-bond donors (Lipinski definition) is 0. The molecule has 3 aliphatic rings. The Balaban J connectivity index is 2.03. The minimum Gasteiger partial charge on any atom is -0.0893 e. The van der Waals surface area contributed by atoms with Crippen molar-refractivity contribution in [2.45, 2.75) is 46.8 Å². The van der Waals surface area contributed by atoms with Gasteiger partial charge in [0.1, 0.15) is 7.28 Å². The van der Waals surface area contributed by atoms with Gasteiger partial charge in [0.05, 0.1) is 0 Å². The van der Waals surface area contributed by atoms with Gasteiger partial charge in [0.2, 0.25) is 0 Å². The van der Waals surface area contributed by atoms with Crippen LogP contribution in [0.5, 0.6) is 0 Å². The average molecular weight is 178 g/mol. The summed E-state index contributed by atoms with van der Waals surface area (Å²) in [5, 5.41) is 0. The molecule has 3 saturated carbocycles. The summed E-state index contributed by atoms with van der Waals surface area (Å²) in [7, 11) is 1.38. The lowest BCUT2D eigenvalue weighted by molar-refractivity contribution is -0.124. The van der Waals surface area contributed by atoms with Gasteiger partial charge in [-0.3, -0.25) is 0 Å². The fourth-order valence-corrected chi connectivity index (χ4v) is 4.01. The standard InChI is InChI=1S/C12H23B/c1-8-9(7-13-4)5-10-6-11(8)12(10,2)3/h8-11,13H,5-7H2,1-4H3. The summed E-state index contributed by atoms with van der Waals surface area (Å²) >= 11 is 0. The maximum atomic E-state index is 2.50. The first-order valence-corrected chi connectivity index (χ1v) is 6.07. The fourth-order valence-electron chi connectivity index (χ4n) is 4.01. The van der Waals surface area contributed by atoms with Crippen LogP contribution in [0.15, 0.2) is 0 Å². The summed E-state index contributed by atoms with van der Waals surface area (Å²) in [6, 6.07) is 0. The molecule has 2 bridgehead atoms. The zero-order chi connectivity index (χ0) is 9.64. The fraction of sp³-hybridized carbons (Fsp3) is 1.00. The highest BCUT2D eigenvalue weighted by Crippen LogP contribution is 2.63. The Morgan fingerprint density at radius 1 is 1.31 bits per heavy atom. The third kappa shape index (κ3) is 1.27. The Morgan fingerprint density at radius 3 is 2.46 bits per heavy atom. The van der Waals surface area contributed by atoms with E-state index in [1.54, 1.807) is 0 Å². The third-order valence-electron chi connectivity index (χ3n) is 5.17. The minimum absolute atomic E-state index is 0.684. The normalized spacial score (nSPS) is 46.8. The lowest BCUT2D eigenvalue weighted by atomic mass is 9.42. The summed E-state index contributed by atoms with van der Waals surface area (Å²) in [5.41, 5.74) is 0.684. The van der Waals surface area contributed by atoms with Gasteiger partial charge >= 0.3 is 0 Å². The molecule has 4 unspecified atom stereocenters. The van der Waals surface area contributed by atoms with Crippen molar-refractivity contribution in [3.8, 4) is 0 Å². The topological polar surface area (TPSA) is 0 Å². The predicted octanol–water partition coefficient (Wildman–Crippen LogP) is 3.21. The van der Waals surface area contributed by atoms with E-state index in [0.29, 0.717) is 5.41 Å². The monoisotopic (exact) mass is 178 g/mol. The van der Waals surface area contributed by atoms with Crippen LogP contribution >= 0.6 is 0 Å². The molecule has 0 spiro atoms. The maximum Gasteiger partial charge on any atom is 0.117 e. The van der Waals surface area contributed by atoms with Gasteiger partial charge in [-0.25, -0.2) is 0 Å². The summed E-state index contributed by atoms with van der Waals surface area (Å²) in [6.45, 7) is 9.81. The van der Waals surface area contributed by atoms with Gasteiger partial charge in [-0.2, -0.15) is 0 Å². The van der Waals surface area contributed by atoms with Crippen LogP contribution in [-0.2, 0) is 0 Å². The van der Waals surface area contributed by atoms with Gasteiger partial charge in [0, 0.05) is 0 Å². The molecule has 0 N–H and O–H groups in total. The molecule has 4 atom stereocenters. The molecule has 74 valence electrons. The molecule has 3 fully saturated rings. The van der Waals surface area contributed by atoms with Crippen molar-refractivity contribution in [1.82, 2.24) is 0 Å². The van der Waals surface area contributed by atoms with Crippen molar-refractivity contribution >= 4 is 7.28 Å². The summed E-state index contributed by atoms with van der Waals surface area (Å²) < 4.78 is 0. The first kappa shape index (κ1) is 9.61. The zero-order valence-electron chi connectivity index (χ0n) is 9.64. The number of hydrogen-bond acceptors (Lipinski definition) is 0. The van der Waals surface area contributed by atoms with E-state index in [1.807, 2.05) is 0 Å². The van der Waals surface area contributed by atoms with Crippen LogP contribution in [0.2, 0.25) is 13.1 Å². The molecule has 0 aromatic carbocycles. The van der Waals surface area contributed by atoms with E-state index in [4.69, 9.17) is 0 Å². The molecular formula is C12H23B. The van der Waals surface area contributed by atoms with Crippen molar-refractivity contribution in [1.29, 1.82) is 0 Å². The van der Waals surface area contributed by atoms with Crippen molar-refractivity contribution in [2.75, 3.05) is 0 Å². The van der Waals surface area contributed by atoms with Gasteiger partial charge in [-0.15, -0.1) is 0 Å². The molecule has 3 rings (SSSR count). The van der Waals surface area contributed by atoms with E-state index >= 15 is 0 Å². The van der Waals surface area contributed by atoms with Crippen molar-refractivity contribution < 1.29 is 0 Å². The minimum atomic E-state index is 0.684. The largest absolute Gasteiger partial charge is 0.117 e. The molecule has 0 nitrogen and oxygen atoms in total. The lowest BCUT2D eigenvalue weighted by Gasteiger charge is -2.62. The molecule has 3 aliphatic carbocycles. The van der Waals surface area contributed by atoms with Crippen LogP contribution in [0.25, 0.3) is 0 Å². The Labute approximate surface area is 83.7 Å². The third-order valence-corrected chi connectivity index (χ3v) is 5.17. The molecule has 0 amide bonds. The molecule has 1 heteroatoms. The van der Waals surface area contributed by atoms with E-state index in [2.05, 4.69) is 27.6 Å². The SMILES string of the molecule is CBCC1CC2CC(C1C)C2(C)C. The van der Waals surface area contributed by atoms with Gasteiger partial charge in [-0.1, -0.05) is 33.9 Å². The van der Waals surface area contributed by atoms with Crippen molar-refractivity contribution in [3.63, 3.8) is 0 Å².